The lowest BCUT2D eigenvalue weighted by molar-refractivity contribution is 0.282. The predicted molar refractivity (Wildman–Crippen MR) is 98.8 cm³/mol. The van der Waals surface area contributed by atoms with Gasteiger partial charge in [0, 0.05) is 6.04 Å². The van der Waals surface area contributed by atoms with E-state index >= 15 is 0 Å². The lowest BCUT2D eigenvalue weighted by Crippen LogP contribution is -2.17. The topological polar surface area (TPSA) is 44.5 Å². The highest BCUT2D eigenvalue weighted by atomic mass is 79.9. The summed E-state index contributed by atoms with van der Waals surface area (Å²) in [6, 6.07) is 9.43. The van der Waals surface area contributed by atoms with E-state index in [1.165, 1.54) is 0 Å². The first-order chi connectivity index (χ1) is 10.9. The van der Waals surface area contributed by atoms with E-state index in [2.05, 4.69) is 15.9 Å². The number of halogens is 3. The molecule has 2 aromatic carbocycles. The first kappa shape index (κ1) is 18.4. The van der Waals surface area contributed by atoms with Crippen LogP contribution in [0.4, 0.5) is 0 Å². The third-order valence-corrected chi connectivity index (χ3v) is 4.54. The van der Waals surface area contributed by atoms with Crippen LogP contribution in [-0.2, 0) is 13.0 Å². The van der Waals surface area contributed by atoms with Gasteiger partial charge in [-0.1, -0.05) is 29.3 Å². The highest BCUT2D eigenvalue weighted by molar-refractivity contribution is 9.10. The number of nitrogens with two attached hydrogens (primary N) is 1. The zero-order chi connectivity index (χ0) is 17.0. The van der Waals surface area contributed by atoms with Crippen LogP contribution in [0.2, 0.25) is 10.0 Å². The lowest BCUT2D eigenvalue weighted by atomic mass is 10.1. The normalized spacial score (nSPS) is 12.1. The van der Waals surface area contributed by atoms with Crippen molar-refractivity contribution < 1.29 is 9.47 Å². The van der Waals surface area contributed by atoms with Crippen molar-refractivity contribution in [2.24, 2.45) is 5.73 Å². The standard InChI is InChI=1S/C17H18BrCl2NO2/c1-10(21)5-12-6-13(18)17(16(8-12)22-2)23-9-11-3-4-14(19)15(20)7-11/h3-4,6-8,10H,5,9,21H2,1-2H3. The molecule has 6 heteroatoms. The second-order valence-corrected chi connectivity index (χ2v) is 7.00. The quantitative estimate of drug-likeness (QED) is 0.698. The van der Waals surface area contributed by atoms with Gasteiger partial charge in [-0.25, -0.2) is 0 Å². The van der Waals surface area contributed by atoms with Crippen molar-refractivity contribution in [2.45, 2.75) is 26.0 Å². The number of hydrogen-bond donors (Lipinski definition) is 1. The zero-order valence-corrected chi connectivity index (χ0v) is 16.0. The Bertz CT molecular complexity index is 693. The van der Waals surface area contributed by atoms with Crippen LogP contribution in [0, 0.1) is 0 Å². The molecular weight excluding hydrogens is 401 g/mol. The Kier molecular flexibility index (Phi) is 6.60. The fraction of sp³-hybridized carbons (Fsp3) is 0.294. The van der Waals surface area contributed by atoms with Crippen LogP contribution in [0.25, 0.3) is 0 Å². The minimum Gasteiger partial charge on any atom is -0.493 e. The number of hydrogen-bond acceptors (Lipinski definition) is 3. The van der Waals surface area contributed by atoms with Gasteiger partial charge in [0.25, 0.3) is 0 Å². The monoisotopic (exact) mass is 417 g/mol. The second-order valence-electron chi connectivity index (χ2n) is 5.33. The highest BCUT2D eigenvalue weighted by Gasteiger charge is 2.13. The van der Waals surface area contributed by atoms with E-state index in [0.29, 0.717) is 28.2 Å². The van der Waals surface area contributed by atoms with Crippen LogP contribution in [0.3, 0.4) is 0 Å². The van der Waals surface area contributed by atoms with Gasteiger partial charge in [-0.3, -0.25) is 0 Å². The summed E-state index contributed by atoms with van der Waals surface area (Å²) in [7, 11) is 1.61. The first-order valence-electron chi connectivity index (χ1n) is 7.09. The van der Waals surface area contributed by atoms with Crippen molar-refractivity contribution in [1.29, 1.82) is 0 Å². The zero-order valence-electron chi connectivity index (χ0n) is 12.9. The Morgan fingerprint density at radius 3 is 2.48 bits per heavy atom. The fourth-order valence-corrected chi connectivity index (χ4v) is 3.11. The van der Waals surface area contributed by atoms with Crippen LogP contribution >= 0.6 is 39.1 Å². The summed E-state index contributed by atoms with van der Waals surface area (Å²) in [4.78, 5) is 0. The maximum atomic E-state index is 6.02. The molecule has 0 saturated carbocycles. The summed E-state index contributed by atoms with van der Waals surface area (Å²) in [5, 5.41) is 1.03. The van der Waals surface area contributed by atoms with Crippen LogP contribution in [0.1, 0.15) is 18.1 Å². The number of benzene rings is 2. The van der Waals surface area contributed by atoms with Gasteiger partial charge in [-0.2, -0.15) is 0 Å². The smallest absolute Gasteiger partial charge is 0.175 e. The molecule has 0 fully saturated rings. The molecule has 0 aromatic heterocycles. The molecule has 0 aliphatic rings. The first-order valence-corrected chi connectivity index (χ1v) is 8.64. The minimum absolute atomic E-state index is 0.0783. The molecule has 23 heavy (non-hydrogen) atoms. The second kappa shape index (κ2) is 8.25. The number of methoxy groups -OCH3 is 1. The molecule has 0 radical (unpaired) electrons. The highest BCUT2D eigenvalue weighted by Crippen LogP contribution is 2.37. The van der Waals surface area contributed by atoms with Gasteiger partial charge in [-0.15, -0.1) is 0 Å². The van der Waals surface area contributed by atoms with E-state index in [1.54, 1.807) is 19.2 Å². The summed E-state index contributed by atoms with van der Waals surface area (Å²) in [5.74, 6) is 1.31. The Hall–Kier alpha value is -0.940. The Balaban J connectivity index is 2.19. The summed E-state index contributed by atoms with van der Waals surface area (Å²) in [6.07, 6.45) is 0.766. The average molecular weight is 419 g/mol. The molecule has 0 aliphatic carbocycles. The van der Waals surface area contributed by atoms with E-state index in [1.807, 2.05) is 25.1 Å². The lowest BCUT2D eigenvalue weighted by Gasteiger charge is -2.15. The molecule has 2 aromatic rings. The molecule has 0 spiro atoms. The van der Waals surface area contributed by atoms with Crippen LogP contribution in [0.15, 0.2) is 34.8 Å². The van der Waals surface area contributed by atoms with Crippen molar-refractivity contribution in [3.63, 3.8) is 0 Å². The maximum absolute atomic E-state index is 6.02. The summed E-state index contributed by atoms with van der Waals surface area (Å²) >= 11 is 15.5. The van der Waals surface area contributed by atoms with Crippen LogP contribution < -0.4 is 15.2 Å². The molecular formula is C17H18BrCl2NO2. The number of rotatable bonds is 6. The summed E-state index contributed by atoms with van der Waals surface area (Å²) in [5.41, 5.74) is 7.87. The molecule has 0 amide bonds. The molecule has 0 heterocycles. The van der Waals surface area contributed by atoms with Crippen LogP contribution in [-0.4, -0.2) is 13.2 Å². The van der Waals surface area contributed by atoms with Crippen molar-refractivity contribution in [3.05, 3.63) is 56.0 Å². The maximum Gasteiger partial charge on any atom is 0.175 e. The summed E-state index contributed by atoms with van der Waals surface area (Å²) < 4.78 is 12.2. The Labute approximate surface area is 154 Å². The summed E-state index contributed by atoms with van der Waals surface area (Å²) in [6.45, 7) is 2.33. The SMILES string of the molecule is COc1cc(CC(C)N)cc(Br)c1OCc1ccc(Cl)c(Cl)c1. The van der Waals surface area contributed by atoms with Crippen molar-refractivity contribution in [2.75, 3.05) is 7.11 Å². The Morgan fingerprint density at radius 2 is 1.87 bits per heavy atom. The van der Waals surface area contributed by atoms with Gasteiger partial charge in [0.1, 0.15) is 6.61 Å². The molecule has 3 nitrogen and oxygen atoms in total. The largest absolute Gasteiger partial charge is 0.493 e. The van der Waals surface area contributed by atoms with Gasteiger partial charge in [0.05, 0.1) is 21.6 Å². The molecule has 0 saturated heterocycles. The van der Waals surface area contributed by atoms with Crippen LogP contribution in [0.5, 0.6) is 11.5 Å². The van der Waals surface area contributed by atoms with E-state index < -0.39 is 0 Å². The molecule has 0 bridgehead atoms. The third-order valence-electron chi connectivity index (χ3n) is 3.21. The fourth-order valence-electron chi connectivity index (χ4n) is 2.19. The Morgan fingerprint density at radius 1 is 1.13 bits per heavy atom. The molecule has 2 rings (SSSR count). The van der Waals surface area contributed by atoms with E-state index in [9.17, 15) is 0 Å². The molecule has 1 unspecified atom stereocenters. The van der Waals surface area contributed by atoms with E-state index in [4.69, 9.17) is 38.4 Å². The van der Waals surface area contributed by atoms with Crippen molar-refractivity contribution in [1.82, 2.24) is 0 Å². The van der Waals surface area contributed by atoms with Crippen molar-refractivity contribution >= 4 is 39.1 Å². The van der Waals surface area contributed by atoms with Gasteiger partial charge < -0.3 is 15.2 Å². The van der Waals surface area contributed by atoms with Gasteiger partial charge in [0.2, 0.25) is 0 Å². The van der Waals surface area contributed by atoms with Gasteiger partial charge in [0.15, 0.2) is 11.5 Å². The molecule has 124 valence electrons. The number of ether oxygens (including phenoxy) is 2. The average Bonchev–Trinajstić information content (AvgIpc) is 2.48. The molecule has 2 N–H and O–H groups in total. The van der Waals surface area contributed by atoms with E-state index in [0.717, 1.165) is 22.0 Å². The molecule has 0 aliphatic heterocycles. The van der Waals surface area contributed by atoms with E-state index in [-0.39, 0.29) is 6.04 Å². The third kappa shape index (κ3) is 5.01. The van der Waals surface area contributed by atoms with Gasteiger partial charge in [-0.05, 0) is 64.7 Å². The minimum atomic E-state index is 0.0783. The molecule has 1 atom stereocenters. The van der Waals surface area contributed by atoms with Crippen molar-refractivity contribution in [3.8, 4) is 11.5 Å². The van der Waals surface area contributed by atoms with Gasteiger partial charge >= 0.3 is 0 Å². The predicted octanol–water partition coefficient (Wildman–Crippen LogP) is 5.23.